The molecule has 4 rings (SSSR count). The van der Waals surface area contributed by atoms with Crippen molar-refractivity contribution >= 4 is 28.2 Å². The number of fused-ring (bicyclic) bond motifs is 2. The second kappa shape index (κ2) is 6.93. The first kappa shape index (κ1) is 16.3. The lowest BCUT2D eigenvalue weighted by molar-refractivity contribution is 0.614. The van der Waals surface area contributed by atoms with E-state index in [4.69, 9.17) is 11.6 Å². The summed E-state index contributed by atoms with van der Waals surface area (Å²) < 4.78 is 15.9. The van der Waals surface area contributed by atoms with Crippen molar-refractivity contribution in [1.82, 2.24) is 19.6 Å². The molecular weight excluding hydrogens is 327 g/mol. The number of imidazole rings is 1. The summed E-state index contributed by atoms with van der Waals surface area (Å²) >= 11 is 5.92. The zero-order valence-electron chi connectivity index (χ0n) is 13.4. The molecular formula is C18H16ClFN4. The molecule has 0 aliphatic rings. The third-order valence-corrected chi connectivity index (χ3v) is 3.74. The Labute approximate surface area is 143 Å². The minimum atomic E-state index is -0.289. The summed E-state index contributed by atoms with van der Waals surface area (Å²) in [5.41, 5.74) is 2.68. The van der Waals surface area contributed by atoms with Crippen LogP contribution in [0, 0.1) is 5.82 Å². The first-order valence-electron chi connectivity index (χ1n) is 7.73. The number of nitrogens with zero attached hydrogens (tertiary/aromatic N) is 4. The van der Waals surface area contributed by atoms with Crippen LogP contribution in [0.1, 0.15) is 25.1 Å². The largest absolute Gasteiger partial charge is 0.256 e. The van der Waals surface area contributed by atoms with E-state index in [1.54, 1.807) is 29.0 Å². The molecule has 3 aromatic heterocycles. The number of hydrogen-bond acceptors (Lipinski definition) is 3. The standard InChI is InChI=1S/C16H10ClFN4.C2H6/c17-15-3-4-16-20-9-12(22(16)21-15)7-11-6-10-2-1-5-19-14(10)8-13(11)18;1-2/h1-6,8-9H,7H2;1-2H3. The average molecular weight is 343 g/mol. The maximum Gasteiger partial charge on any atom is 0.153 e. The number of rotatable bonds is 2. The molecule has 0 bridgehead atoms. The normalized spacial score (nSPS) is 10.7. The minimum absolute atomic E-state index is 0.289. The summed E-state index contributed by atoms with van der Waals surface area (Å²) in [5.74, 6) is -0.289. The number of aromatic nitrogens is 4. The van der Waals surface area contributed by atoms with Crippen LogP contribution in [0.4, 0.5) is 4.39 Å². The average Bonchev–Trinajstić information content (AvgIpc) is 2.99. The highest BCUT2D eigenvalue weighted by Crippen LogP contribution is 2.20. The Bertz CT molecular complexity index is 997. The van der Waals surface area contributed by atoms with Crippen LogP contribution in [-0.4, -0.2) is 19.6 Å². The lowest BCUT2D eigenvalue weighted by Gasteiger charge is -2.05. The van der Waals surface area contributed by atoms with Crippen molar-refractivity contribution in [3.05, 3.63) is 71.0 Å². The van der Waals surface area contributed by atoms with Gasteiger partial charge in [0.05, 0.1) is 17.4 Å². The SMILES string of the molecule is CC.Fc1cc2ncccc2cc1Cc1cnc2ccc(Cl)nn12. The molecule has 3 heterocycles. The molecule has 6 heteroatoms. The third-order valence-electron chi connectivity index (χ3n) is 3.54. The van der Waals surface area contributed by atoms with E-state index in [0.29, 0.717) is 28.3 Å². The Balaban J connectivity index is 0.000000815. The van der Waals surface area contributed by atoms with Crippen LogP contribution in [0.5, 0.6) is 0 Å². The van der Waals surface area contributed by atoms with Crippen molar-refractivity contribution in [2.75, 3.05) is 0 Å². The lowest BCUT2D eigenvalue weighted by atomic mass is 10.1. The fourth-order valence-corrected chi connectivity index (χ4v) is 2.63. The third kappa shape index (κ3) is 3.08. The van der Waals surface area contributed by atoms with Crippen molar-refractivity contribution in [2.24, 2.45) is 0 Å². The Hall–Kier alpha value is -2.53. The van der Waals surface area contributed by atoms with E-state index >= 15 is 0 Å². The van der Waals surface area contributed by atoms with Crippen LogP contribution < -0.4 is 0 Å². The van der Waals surface area contributed by atoms with Gasteiger partial charge in [-0.2, -0.15) is 5.10 Å². The quantitative estimate of drug-likeness (QED) is 0.531. The molecule has 0 radical (unpaired) electrons. The highest BCUT2D eigenvalue weighted by Gasteiger charge is 2.11. The summed E-state index contributed by atoms with van der Waals surface area (Å²) in [4.78, 5) is 8.41. The Morgan fingerprint density at radius 3 is 2.79 bits per heavy atom. The van der Waals surface area contributed by atoms with Crippen LogP contribution in [0.15, 0.2) is 48.8 Å². The topological polar surface area (TPSA) is 43.1 Å². The zero-order valence-corrected chi connectivity index (χ0v) is 14.1. The van der Waals surface area contributed by atoms with E-state index in [0.717, 1.165) is 11.1 Å². The molecule has 24 heavy (non-hydrogen) atoms. The summed E-state index contributed by atoms with van der Waals surface area (Å²) in [6.45, 7) is 4.00. The van der Waals surface area contributed by atoms with E-state index in [2.05, 4.69) is 15.1 Å². The molecule has 122 valence electrons. The van der Waals surface area contributed by atoms with Crippen LogP contribution in [0.25, 0.3) is 16.6 Å². The molecule has 0 saturated heterocycles. The van der Waals surface area contributed by atoms with Crippen molar-refractivity contribution in [3.8, 4) is 0 Å². The second-order valence-corrected chi connectivity index (χ2v) is 5.38. The molecule has 0 unspecified atom stereocenters. The maximum atomic E-state index is 14.3. The highest BCUT2D eigenvalue weighted by molar-refractivity contribution is 6.29. The van der Waals surface area contributed by atoms with Crippen molar-refractivity contribution < 1.29 is 4.39 Å². The van der Waals surface area contributed by atoms with Gasteiger partial charge < -0.3 is 0 Å². The van der Waals surface area contributed by atoms with Crippen molar-refractivity contribution in [2.45, 2.75) is 20.3 Å². The van der Waals surface area contributed by atoms with E-state index in [1.165, 1.54) is 6.07 Å². The minimum Gasteiger partial charge on any atom is -0.256 e. The number of benzene rings is 1. The van der Waals surface area contributed by atoms with Gasteiger partial charge in [-0.25, -0.2) is 13.9 Å². The molecule has 0 N–H and O–H groups in total. The van der Waals surface area contributed by atoms with E-state index in [-0.39, 0.29) is 5.82 Å². The molecule has 0 fully saturated rings. The molecule has 0 saturated carbocycles. The fourth-order valence-electron chi connectivity index (χ4n) is 2.49. The highest BCUT2D eigenvalue weighted by atomic mass is 35.5. The first-order valence-corrected chi connectivity index (χ1v) is 8.11. The number of halogens is 2. The molecule has 1 aromatic carbocycles. The van der Waals surface area contributed by atoms with Crippen LogP contribution in [-0.2, 0) is 6.42 Å². The molecule has 0 atom stereocenters. The Morgan fingerprint density at radius 1 is 1.12 bits per heavy atom. The van der Waals surface area contributed by atoms with Gasteiger partial charge in [-0.1, -0.05) is 31.5 Å². The van der Waals surface area contributed by atoms with Gasteiger partial charge in [0, 0.05) is 24.1 Å². The van der Waals surface area contributed by atoms with Gasteiger partial charge in [-0.15, -0.1) is 0 Å². The predicted molar refractivity (Wildman–Crippen MR) is 93.9 cm³/mol. The number of pyridine rings is 1. The van der Waals surface area contributed by atoms with E-state index in [9.17, 15) is 4.39 Å². The molecule has 4 nitrogen and oxygen atoms in total. The van der Waals surface area contributed by atoms with Gasteiger partial charge in [-0.05, 0) is 29.8 Å². The van der Waals surface area contributed by atoms with E-state index < -0.39 is 0 Å². The maximum absolute atomic E-state index is 14.3. The summed E-state index contributed by atoms with van der Waals surface area (Å²) in [6, 6.07) is 10.5. The first-order chi connectivity index (χ1) is 11.7. The van der Waals surface area contributed by atoms with Gasteiger partial charge in [0.15, 0.2) is 5.65 Å². The van der Waals surface area contributed by atoms with Gasteiger partial charge in [0.25, 0.3) is 0 Å². The van der Waals surface area contributed by atoms with Crippen LogP contribution >= 0.6 is 11.6 Å². The van der Waals surface area contributed by atoms with Gasteiger partial charge in [0.2, 0.25) is 0 Å². The molecule has 0 amide bonds. The lowest BCUT2D eigenvalue weighted by Crippen LogP contribution is -2.00. The number of hydrogen-bond donors (Lipinski definition) is 0. The van der Waals surface area contributed by atoms with Crippen LogP contribution in [0.3, 0.4) is 0 Å². The molecule has 0 aliphatic heterocycles. The molecule has 0 spiro atoms. The van der Waals surface area contributed by atoms with Gasteiger partial charge >= 0.3 is 0 Å². The second-order valence-electron chi connectivity index (χ2n) is 4.99. The summed E-state index contributed by atoms with van der Waals surface area (Å²) in [7, 11) is 0. The monoisotopic (exact) mass is 342 g/mol. The van der Waals surface area contributed by atoms with Gasteiger partial charge in [-0.3, -0.25) is 4.98 Å². The fraction of sp³-hybridized carbons (Fsp3) is 0.167. The molecule has 0 aliphatic carbocycles. The predicted octanol–water partition coefficient (Wildman–Crippen LogP) is 4.69. The molecule has 4 aromatic rings. The summed E-state index contributed by atoms with van der Waals surface area (Å²) in [5, 5.41) is 5.48. The Morgan fingerprint density at radius 2 is 1.96 bits per heavy atom. The van der Waals surface area contributed by atoms with Gasteiger partial charge in [0.1, 0.15) is 11.0 Å². The van der Waals surface area contributed by atoms with Crippen molar-refractivity contribution in [1.29, 1.82) is 0 Å². The van der Waals surface area contributed by atoms with Crippen molar-refractivity contribution in [3.63, 3.8) is 0 Å². The zero-order chi connectivity index (χ0) is 17.1. The summed E-state index contributed by atoms with van der Waals surface area (Å²) in [6.07, 6.45) is 3.72. The Kier molecular flexibility index (Phi) is 4.71. The smallest absolute Gasteiger partial charge is 0.153 e. The van der Waals surface area contributed by atoms with E-state index in [1.807, 2.05) is 32.0 Å². The van der Waals surface area contributed by atoms with Crippen LogP contribution in [0.2, 0.25) is 5.15 Å².